The third-order valence-electron chi connectivity index (χ3n) is 3.49. The molecule has 0 atom stereocenters. The van der Waals surface area contributed by atoms with E-state index >= 15 is 0 Å². The van der Waals surface area contributed by atoms with Crippen LogP contribution in [0.4, 0.5) is 0 Å². The van der Waals surface area contributed by atoms with Gasteiger partial charge in [-0.1, -0.05) is 27.7 Å². The van der Waals surface area contributed by atoms with Crippen LogP contribution in [0.3, 0.4) is 0 Å². The lowest BCUT2D eigenvalue weighted by molar-refractivity contribution is -0.136. The fourth-order valence-electron chi connectivity index (χ4n) is 3.46. The van der Waals surface area contributed by atoms with Crippen LogP contribution in [0.1, 0.15) is 53.4 Å². The lowest BCUT2D eigenvalue weighted by Crippen LogP contribution is -2.46. The van der Waals surface area contributed by atoms with E-state index < -0.39 is 16.0 Å². The maximum absolute atomic E-state index is 11.9. The summed E-state index contributed by atoms with van der Waals surface area (Å²) in [5.41, 5.74) is 0.198. The van der Waals surface area contributed by atoms with Gasteiger partial charge in [-0.05, 0) is 30.1 Å². The van der Waals surface area contributed by atoms with E-state index in [2.05, 4.69) is 32.4 Å². The van der Waals surface area contributed by atoms with Gasteiger partial charge in [-0.25, -0.2) is 13.1 Å². The van der Waals surface area contributed by atoms with Gasteiger partial charge < -0.3 is 5.11 Å². The molecular formula is C13H25NO4S. The second-order valence-electron chi connectivity index (χ2n) is 7.19. The largest absolute Gasteiger partial charge is 0.481 e. The first kappa shape index (κ1) is 16.4. The number of carboxylic acid groups (broad SMARTS) is 1. The Balaban J connectivity index is 2.68. The summed E-state index contributed by atoms with van der Waals surface area (Å²) in [4.78, 5) is 10.5. The zero-order valence-corrected chi connectivity index (χ0v) is 13.0. The van der Waals surface area contributed by atoms with Gasteiger partial charge in [0.15, 0.2) is 0 Å². The molecule has 0 saturated heterocycles. The van der Waals surface area contributed by atoms with Crippen LogP contribution in [0, 0.1) is 10.8 Å². The maximum Gasteiger partial charge on any atom is 0.304 e. The second kappa shape index (κ2) is 5.40. The van der Waals surface area contributed by atoms with Crippen molar-refractivity contribution in [1.82, 2.24) is 4.72 Å². The van der Waals surface area contributed by atoms with E-state index in [4.69, 9.17) is 5.11 Å². The van der Waals surface area contributed by atoms with Crippen LogP contribution in [0.2, 0.25) is 0 Å². The molecular weight excluding hydrogens is 266 g/mol. The molecule has 19 heavy (non-hydrogen) atoms. The van der Waals surface area contributed by atoms with Gasteiger partial charge in [-0.2, -0.15) is 0 Å². The number of sulfonamides is 1. The van der Waals surface area contributed by atoms with Crippen LogP contribution in [0.15, 0.2) is 0 Å². The van der Waals surface area contributed by atoms with Crippen molar-refractivity contribution >= 4 is 16.0 Å². The van der Waals surface area contributed by atoms with Crippen molar-refractivity contribution in [3.63, 3.8) is 0 Å². The van der Waals surface area contributed by atoms with E-state index in [9.17, 15) is 13.2 Å². The summed E-state index contributed by atoms with van der Waals surface area (Å²) in [5.74, 6) is -1.44. The van der Waals surface area contributed by atoms with Crippen LogP contribution in [-0.2, 0) is 14.8 Å². The van der Waals surface area contributed by atoms with Crippen molar-refractivity contribution in [2.24, 2.45) is 10.8 Å². The molecule has 0 heterocycles. The topological polar surface area (TPSA) is 83.5 Å². The molecule has 5 nitrogen and oxygen atoms in total. The van der Waals surface area contributed by atoms with Gasteiger partial charge in [0.05, 0.1) is 12.2 Å². The molecule has 112 valence electrons. The third-order valence-corrected chi connectivity index (χ3v) is 4.92. The Bertz CT molecular complexity index is 424. The molecule has 0 aliphatic heterocycles. The molecule has 0 radical (unpaired) electrons. The summed E-state index contributed by atoms with van der Waals surface area (Å²) < 4.78 is 26.4. The molecule has 0 spiro atoms. The summed E-state index contributed by atoms with van der Waals surface area (Å²) in [5, 5.41) is 8.56. The molecule has 2 N–H and O–H groups in total. The molecule has 6 heteroatoms. The van der Waals surface area contributed by atoms with Gasteiger partial charge in [0.1, 0.15) is 0 Å². The lowest BCUT2D eigenvalue weighted by atomic mass is 9.64. The standard InChI is InChI=1S/C13H25NO4S/c1-12(2)7-10(8-13(3,4)9-12)14-19(17,18)6-5-11(15)16/h10,14H,5-9H2,1-4H3,(H,15,16). The predicted molar refractivity (Wildman–Crippen MR) is 74.4 cm³/mol. The number of hydrogen-bond donors (Lipinski definition) is 2. The normalized spacial score (nSPS) is 23.2. The predicted octanol–water partition coefficient (Wildman–Crippen LogP) is 1.99. The minimum Gasteiger partial charge on any atom is -0.481 e. The summed E-state index contributed by atoms with van der Waals surface area (Å²) >= 11 is 0. The summed E-state index contributed by atoms with van der Waals surface area (Å²) in [6.45, 7) is 8.58. The van der Waals surface area contributed by atoms with E-state index in [-0.39, 0.29) is 29.0 Å². The highest BCUT2D eigenvalue weighted by atomic mass is 32.2. The Morgan fingerprint density at radius 3 is 2.11 bits per heavy atom. The third kappa shape index (κ3) is 5.91. The first-order valence-corrected chi connectivity index (χ1v) is 8.28. The lowest BCUT2D eigenvalue weighted by Gasteiger charge is -2.45. The van der Waals surface area contributed by atoms with Crippen molar-refractivity contribution in [1.29, 1.82) is 0 Å². The van der Waals surface area contributed by atoms with E-state index in [1.165, 1.54) is 0 Å². The molecule has 0 bridgehead atoms. The zero-order chi connectivity index (χ0) is 14.9. The Kier molecular flexibility index (Phi) is 4.67. The van der Waals surface area contributed by atoms with Crippen LogP contribution in [-0.4, -0.2) is 31.3 Å². The molecule has 0 aromatic heterocycles. The van der Waals surface area contributed by atoms with Gasteiger partial charge in [-0.3, -0.25) is 4.79 Å². The molecule has 0 aromatic rings. The summed E-state index contributed by atoms with van der Waals surface area (Å²) in [7, 11) is -3.51. The average molecular weight is 291 g/mol. The molecule has 0 unspecified atom stereocenters. The first-order chi connectivity index (χ1) is 8.41. The van der Waals surface area contributed by atoms with Crippen molar-refractivity contribution in [2.45, 2.75) is 59.4 Å². The monoisotopic (exact) mass is 291 g/mol. The highest BCUT2D eigenvalue weighted by Crippen LogP contribution is 2.45. The fraction of sp³-hybridized carbons (Fsp3) is 0.923. The van der Waals surface area contributed by atoms with E-state index in [0.29, 0.717) is 0 Å². The van der Waals surface area contributed by atoms with Crippen LogP contribution in [0.25, 0.3) is 0 Å². The first-order valence-electron chi connectivity index (χ1n) is 6.63. The molecule has 1 saturated carbocycles. The maximum atomic E-state index is 11.9. The quantitative estimate of drug-likeness (QED) is 0.811. The average Bonchev–Trinajstić information content (AvgIpc) is 2.08. The van der Waals surface area contributed by atoms with Crippen LogP contribution in [0.5, 0.6) is 0 Å². The highest BCUT2D eigenvalue weighted by molar-refractivity contribution is 7.89. The van der Waals surface area contributed by atoms with Crippen LogP contribution >= 0.6 is 0 Å². The van der Waals surface area contributed by atoms with E-state index in [1.54, 1.807) is 0 Å². The van der Waals surface area contributed by atoms with Crippen LogP contribution < -0.4 is 4.72 Å². The van der Waals surface area contributed by atoms with Gasteiger partial charge in [0.25, 0.3) is 0 Å². The van der Waals surface area contributed by atoms with Crippen molar-refractivity contribution < 1.29 is 18.3 Å². The zero-order valence-electron chi connectivity index (χ0n) is 12.2. The van der Waals surface area contributed by atoms with Gasteiger partial charge in [0, 0.05) is 6.04 Å². The number of carbonyl (C=O) groups is 1. The minimum absolute atomic E-state index is 0.0989. The molecule has 0 aromatic carbocycles. The second-order valence-corrected chi connectivity index (χ2v) is 9.06. The summed E-state index contributed by atoms with van der Waals surface area (Å²) in [6.07, 6.45) is 2.30. The van der Waals surface area contributed by atoms with Crippen molar-refractivity contribution in [3.05, 3.63) is 0 Å². The Labute approximate surface area is 115 Å². The van der Waals surface area contributed by atoms with Gasteiger partial charge >= 0.3 is 5.97 Å². The minimum atomic E-state index is -3.51. The molecule has 1 aliphatic carbocycles. The van der Waals surface area contributed by atoms with Gasteiger partial charge in [0.2, 0.25) is 10.0 Å². The number of aliphatic carboxylic acids is 1. The van der Waals surface area contributed by atoms with E-state index in [0.717, 1.165) is 19.3 Å². The smallest absolute Gasteiger partial charge is 0.304 e. The van der Waals surface area contributed by atoms with Gasteiger partial charge in [-0.15, -0.1) is 0 Å². The van der Waals surface area contributed by atoms with Crippen molar-refractivity contribution in [3.8, 4) is 0 Å². The summed E-state index contributed by atoms with van der Waals surface area (Å²) in [6, 6.07) is -0.0995. The number of carboxylic acids is 1. The highest BCUT2D eigenvalue weighted by Gasteiger charge is 2.39. The molecule has 1 rings (SSSR count). The molecule has 1 aliphatic rings. The number of rotatable bonds is 5. The van der Waals surface area contributed by atoms with Crippen molar-refractivity contribution in [2.75, 3.05) is 5.75 Å². The van der Waals surface area contributed by atoms with E-state index in [1.807, 2.05) is 0 Å². The number of hydrogen-bond acceptors (Lipinski definition) is 3. The molecule has 1 fully saturated rings. The Morgan fingerprint density at radius 2 is 1.68 bits per heavy atom. The molecule has 0 amide bonds. The Hall–Kier alpha value is -0.620. The fourth-order valence-corrected chi connectivity index (χ4v) is 4.70. The SMILES string of the molecule is CC1(C)CC(NS(=O)(=O)CCC(=O)O)CC(C)(C)C1. The Morgan fingerprint density at radius 1 is 1.21 bits per heavy atom. The number of nitrogens with one attached hydrogen (secondary N) is 1.